The van der Waals surface area contributed by atoms with Crippen molar-refractivity contribution in [2.75, 3.05) is 13.2 Å². The molecule has 2 bridgehead atoms. The van der Waals surface area contributed by atoms with Crippen LogP contribution in [0.1, 0.15) is 40.0 Å². The lowest BCUT2D eigenvalue weighted by atomic mass is 9.89. The first-order valence-electron chi connectivity index (χ1n) is 5.97. The van der Waals surface area contributed by atoms with E-state index in [9.17, 15) is 4.79 Å². The summed E-state index contributed by atoms with van der Waals surface area (Å²) in [7, 11) is 0. The Morgan fingerprint density at radius 3 is 2.33 bits per heavy atom. The van der Waals surface area contributed by atoms with Crippen molar-refractivity contribution < 1.29 is 9.53 Å². The Morgan fingerprint density at radius 1 is 1.40 bits per heavy atom. The van der Waals surface area contributed by atoms with Crippen molar-refractivity contribution in [1.82, 2.24) is 4.90 Å². The molecule has 3 unspecified atom stereocenters. The minimum absolute atomic E-state index is 0.268. The van der Waals surface area contributed by atoms with Crippen molar-refractivity contribution in [1.29, 1.82) is 0 Å². The van der Waals surface area contributed by atoms with Crippen LogP contribution < -0.4 is 0 Å². The Labute approximate surface area is 91.8 Å². The van der Waals surface area contributed by atoms with E-state index in [1.165, 1.54) is 12.8 Å². The zero-order chi connectivity index (χ0) is 11.1. The summed E-state index contributed by atoms with van der Waals surface area (Å²) in [5, 5.41) is 0. The molecule has 2 aliphatic heterocycles. The number of morpholine rings is 1. The molecule has 0 aromatic rings. The van der Waals surface area contributed by atoms with E-state index in [4.69, 9.17) is 4.74 Å². The highest BCUT2D eigenvalue weighted by Crippen LogP contribution is 2.37. The maximum absolute atomic E-state index is 11.8. The molecule has 2 aliphatic rings. The van der Waals surface area contributed by atoms with Gasteiger partial charge in [-0.05, 0) is 33.1 Å². The normalized spacial score (nSPS) is 35.1. The largest absolute Gasteiger partial charge is 0.378 e. The number of nitrogens with zero attached hydrogens (tertiary/aromatic N) is 1. The molecule has 0 spiro atoms. The SMILES string of the molecule is CCC(C)(C(C)=O)N1C2CCC1COC2. The van der Waals surface area contributed by atoms with Gasteiger partial charge in [-0.3, -0.25) is 9.69 Å². The lowest BCUT2D eigenvalue weighted by Crippen LogP contribution is -2.60. The fraction of sp³-hybridized carbons (Fsp3) is 0.917. The van der Waals surface area contributed by atoms with Gasteiger partial charge in [0.15, 0.2) is 0 Å². The van der Waals surface area contributed by atoms with Crippen molar-refractivity contribution >= 4 is 5.78 Å². The van der Waals surface area contributed by atoms with Gasteiger partial charge in [0.05, 0.1) is 18.8 Å². The number of carbonyl (C=O) groups is 1. The summed E-state index contributed by atoms with van der Waals surface area (Å²) >= 11 is 0. The van der Waals surface area contributed by atoms with Crippen LogP contribution in [0, 0.1) is 0 Å². The molecule has 0 aromatic carbocycles. The van der Waals surface area contributed by atoms with Gasteiger partial charge >= 0.3 is 0 Å². The van der Waals surface area contributed by atoms with Gasteiger partial charge in [0.25, 0.3) is 0 Å². The highest BCUT2D eigenvalue weighted by atomic mass is 16.5. The predicted octanol–water partition coefficient (Wildman–Crippen LogP) is 1.61. The third kappa shape index (κ3) is 1.62. The topological polar surface area (TPSA) is 29.5 Å². The Hall–Kier alpha value is -0.410. The van der Waals surface area contributed by atoms with Gasteiger partial charge in [-0.2, -0.15) is 0 Å². The van der Waals surface area contributed by atoms with E-state index in [1.807, 2.05) is 0 Å². The van der Waals surface area contributed by atoms with E-state index < -0.39 is 0 Å². The number of Topliss-reactive ketones (excluding diaryl/α,β-unsaturated/α-hetero) is 1. The van der Waals surface area contributed by atoms with E-state index in [0.29, 0.717) is 17.9 Å². The first kappa shape index (κ1) is 11.1. The lowest BCUT2D eigenvalue weighted by Gasteiger charge is -2.46. The molecule has 2 saturated heterocycles. The quantitative estimate of drug-likeness (QED) is 0.710. The molecular formula is C12H21NO2. The van der Waals surface area contributed by atoms with Crippen LogP contribution in [0.4, 0.5) is 0 Å². The lowest BCUT2D eigenvalue weighted by molar-refractivity contribution is -0.137. The van der Waals surface area contributed by atoms with Crippen molar-refractivity contribution in [3.8, 4) is 0 Å². The van der Waals surface area contributed by atoms with Gasteiger partial charge in [0, 0.05) is 12.1 Å². The van der Waals surface area contributed by atoms with Crippen molar-refractivity contribution in [2.45, 2.75) is 57.7 Å². The molecule has 3 nitrogen and oxygen atoms in total. The maximum Gasteiger partial charge on any atom is 0.149 e. The van der Waals surface area contributed by atoms with Crippen LogP contribution >= 0.6 is 0 Å². The molecule has 0 saturated carbocycles. The standard InChI is InChI=1S/C12H21NO2/c1-4-12(3,9(2)14)13-10-5-6-11(13)8-15-7-10/h10-11H,4-8H2,1-3H3. The van der Waals surface area contributed by atoms with Crippen molar-refractivity contribution in [2.24, 2.45) is 0 Å². The molecule has 86 valence electrons. The number of hydrogen-bond donors (Lipinski definition) is 0. The van der Waals surface area contributed by atoms with E-state index in [-0.39, 0.29) is 5.54 Å². The second kappa shape index (κ2) is 3.87. The molecule has 2 fully saturated rings. The Bertz CT molecular complexity index is 250. The summed E-state index contributed by atoms with van der Waals surface area (Å²) in [4.78, 5) is 14.3. The molecule has 2 heterocycles. The Kier molecular flexibility index (Phi) is 2.86. The average Bonchev–Trinajstić information content (AvgIpc) is 2.48. The number of rotatable bonds is 3. The summed E-state index contributed by atoms with van der Waals surface area (Å²) < 4.78 is 5.55. The van der Waals surface area contributed by atoms with Crippen LogP contribution in [-0.4, -0.2) is 41.5 Å². The van der Waals surface area contributed by atoms with Crippen LogP contribution in [0.3, 0.4) is 0 Å². The van der Waals surface area contributed by atoms with Gasteiger partial charge in [-0.25, -0.2) is 0 Å². The number of ether oxygens (including phenoxy) is 1. The number of fused-ring (bicyclic) bond motifs is 2. The fourth-order valence-electron chi connectivity index (χ4n) is 3.05. The second-order valence-corrected chi connectivity index (χ2v) is 5.01. The van der Waals surface area contributed by atoms with Crippen molar-refractivity contribution in [3.63, 3.8) is 0 Å². The number of hydrogen-bond acceptors (Lipinski definition) is 3. The summed E-state index contributed by atoms with van der Waals surface area (Å²) in [5.74, 6) is 0.295. The molecule has 0 aliphatic carbocycles. The van der Waals surface area contributed by atoms with Crippen LogP contribution in [0.5, 0.6) is 0 Å². The second-order valence-electron chi connectivity index (χ2n) is 5.01. The molecule has 3 atom stereocenters. The first-order chi connectivity index (χ1) is 7.09. The van der Waals surface area contributed by atoms with Crippen LogP contribution in [0.25, 0.3) is 0 Å². The monoisotopic (exact) mass is 211 g/mol. The molecule has 15 heavy (non-hydrogen) atoms. The minimum Gasteiger partial charge on any atom is -0.378 e. The number of carbonyl (C=O) groups excluding carboxylic acids is 1. The zero-order valence-corrected chi connectivity index (χ0v) is 9.95. The smallest absolute Gasteiger partial charge is 0.149 e. The van der Waals surface area contributed by atoms with Gasteiger partial charge in [-0.15, -0.1) is 0 Å². The van der Waals surface area contributed by atoms with Gasteiger partial charge in [-0.1, -0.05) is 6.92 Å². The molecule has 0 N–H and O–H groups in total. The molecule has 0 aromatic heterocycles. The first-order valence-corrected chi connectivity index (χ1v) is 5.97. The van der Waals surface area contributed by atoms with Crippen molar-refractivity contribution in [3.05, 3.63) is 0 Å². The number of ketones is 1. The van der Waals surface area contributed by atoms with Crippen LogP contribution in [-0.2, 0) is 9.53 Å². The van der Waals surface area contributed by atoms with Crippen LogP contribution in [0.15, 0.2) is 0 Å². The Balaban J connectivity index is 2.25. The van der Waals surface area contributed by atoms with E-state index in [2.05, 4.69) is 18.7 Å². The van der Waals surface area contributed by atoms with E-state index >= 15 is 0 Å². The Morgan fingerprint density at radius 2 is 1.93 bits per heavy atom. The summed E-state index contributed by atoms with van der Waals surface area (Å²) in [6.45, 7) is 7.53. The highest BCUT2D eigenvalue weighted by Gasteiger charge is 2.48. The average molecular weight is 211 g/mol. The third-order valence-electron chi connectivity index (χ3n) is 4.26. The summed E-state index contributed by atoms with van der Waals surface area (Å²) in [5.41, 5.74) is -0.268. The van der Waals surface area contributed by atoms with Gasteiger partial charge < -0.3 is 4.74 Å². The van der Waals surface area contributed by atoms with E-state index in [0.717, 1.165) is 19.6 Å². The van der Waals surface area contributed by atoms with Crippen LogP contribution in [0.2, 0.25) is 0 Å². The maximum atomic E-state index is 11.8. The van der Waals surface area contributed by atoms with Gasteiger partial charge in [0.1, 0.15) is 5.78 Å². The minimum atomic E-state index is -0.268. The molecule has 0 amide bonds. The highest BCUT2D eigenvalue weighted by molar-refractivity contribution is 5.85. The summed E-state index contributed by atoms with van der Waals surface area (Å²) in [6.07, 6.45) is 3.27. The fourth-order valence-corrected chi connectivity index (χ4v) is 3.05. The predicted molar refractivity (Wildman–Crippen MR) is 58.8 cm³/mol. The molecule has 2 rings (SSSR count). The molecule has 0 radical (unpaired) electrons. The molecular weight excluding hydrogens is 190 g/mol. The summed E-state index contributed by atoms with van der Waals surface area (Å²) in [6, 6.07) is 0.940. The molecule has 3 heteroatoms. The van der Waals surface area contributed by atoms with Gasteiger partial charge in [0.2, 0.25) is 0 Å². The van der Waals surface area contributed by atoms with E-state index in [1.54, 1.807) is 6.92 Å². The third-order valence-corrected chi connectivity index (χ3v) is 4.26. The zero-order valence-electron chi connectivity index (χ0n) is 9.95.